The fourth-order valence-electron chi connectivity index (χ4n) is 5.82. The number of ether oxygens (including phenoxy) is 4. The van der Waals surface area contributed by atoms with E-state index < -0.39 is 0 Å². The molecule has 0 amide bonds. The molecule has 4 aromatic rings. The van der Waals surface area contributed by atoms with E-state index in [9.17, 15) is 9.59 Å². The first kappa shape index (κ1) is 30.9. The summed E-state index contributed by atoms with van der Waals surface area (Å²) in [5.74, 6) is 2.04. The molecule has 4 aromatic carbocycles. The molecule has 228 valence electrons. The molecule has 0 aliphatic heterocycles. The number of hydrogen-bond acceptors (Lipinski definition) is 6. The highest BCUT2D eigenvalue weighted by Gasteiger charge is 2.22. The molecule has 0 radical (unpaired) electrons. The zero-order chi connectivity index (χ0) is 31.1. The monoisotopic (exact) mass is 592 g/mol. The van der Waals surface area contributed by atoms with E-state index in [2.05, 4.69) is 38.1 Å². The van der Waals surface area contributed by atoms with Crippen LogP contribution >= 0.6 is 0 Å². The van der Waals surface area contributed by atoms with Crippen LogP contribution in [0.5, 0.6) is 23.0 Å². The molecule has 0 saturated carbocycles. The van der Waals surface area contributed by atoms with Gasteiger partial charge in [-0.3, -0.25) is 9.59 Å². The Bertz CT molecular complexity index is 1450. The molecule has 0 spiro atoms. The van der Waals surface area contributed by atoms with E-state index in [1.54, 1.807) is 0 Å². The van der Waals surface area contributed by atoms with Crippen LogP contribution in [0, 0.1) is 0 Å². The Labute approximate surface area is 259 Å². The van der Waals surface area contributed by atoms with Crippen molar-refractivity contribution in [3.8, 4) is 23.0 Å². The van der Waals surface area contributed by atoms with Crippen molar-refractivity contribution in [1.82, 2.24) is 0 Å². The molecule has 1 aliphatic carbocycles. The van der Waals surface area contributed by atoms with Gasteiger partial charge in [-0.15, -0.1) is 0 Å². The molecule has 0 saturated heterocycles. The summed E-state index contributed by atoms with van der Waals surface area (Å²) in [5, 5.41) is 0. The van der Waals surface area contributed by atoms with E-state index >= 15 is 0 Å². The normalized spacial score (nSPS) is 12.3. The number of carbonyl (C=O) groups is 2. The molecule has 44 heavy (non-hydrogen) atoms. The van der Waals surface area contributed by atoms with Gasteiger partial charge in [0.1, 0.15) is 23.0 Å². The largest absolute Gasteiger partial charge is 0.493 e. The Morgan fingerprint density at radius 3 is 0.955 bits per heavy atom. The van der Waals surface area contributed by atoms with Gasteiger partial charge in [-0.2, -0.15) is 0 Å². The summed E-state index contributed by atoms with van der Waals surface area (Å²) in [6.07, 6.45) is 3.77. The minimum Gasteiger partial charge on any atom is -0.493 e. The van der Waals surface area contributed by atoms with Gasteiger partial charge in [0, 0.05) is 39.5 Å². The molecule has 0 N–H and O–H groups in total. The van der Waals surface area contributed by atoms with Gasteiger partial charge in [0.25, 0.3) is 0 Å². The second kappa shape index (κ2) is 14.3. The highest BCUT2D eigenvalue weighted by atomic mass is 16.5. The fourth-order valence-corrected chi connectivity index (χ4v) is 5.82. The van der Waals surface area contributed by atoms with Gasteiger partial charge in [-0.25, -0.2) is 0 Å². The first-order valence-corrected chi connectivity index (χ1v) is 15.4. The SMILES string of the molecule is CCCOc1c2cccc1Cc1cccc(c1OC(C)=O)Cc1cccc(c1OCCC)Cc1cccc(c1OC(C)=O)C2. The summed E-state index contributed by atoms with van der Waals surface area (Å²) in [7, 11) is 0. The summed E-state index contributed by atoms with van der Waals surface area (Å²) in [4.78, 5) is 24.8. The number of esters is 2. The van der Waals surface area contributed by atoms with Crippen molar-refractivity contribution < 1.29 is 28.5 Å². The highest BCUT2D eigenvalue weighted by Crippen LogP contribution is 2.39. The molecule has 8 bridgehead atoms. The van der Waals surface area contributed by atoms with Gasteiger partial charge in [-0.1, -0.05) is 86.6 Å². The van der Waals surface area contributed by atoms with E-state index in [1.807, 2.05) is 48.5 Å². The van der Waals surface area contributed by atoms with E-state index in [-0.39, 0.29) is 11.9 Å². The summed E-state index contributed by atoms with van der Waals surface area (Å²) < 4.78 is 24.7. The second-order valence-electron chi connectivity index (χ2n) is 11.2. The zero-order valence-electron chi connectivity index (χ0n) is 26.0. The van der Waals surface area contributed by atoms with Gasteiger partial charge in [0.15, 0.2) is 0 Å². The van der Waals surface area contributed by atoms with Gasteiger partial charge < -0.3 is 18.9 Å². The first-order valence-electron chi connectivity index (χ1n) is 15.4. The first-order chi connectivity index (χ1) is 21.4. The third-order valence-corrected chi connectivity index (χ3v) is 7.63. The van der Waals surface area contributed by atoms with Crippen LogP contribution in [0.15, 0.2) is 72.8 Å². The van der Waals surface area contributed by atoms with Crippen LogP contribution in [-0.2, 0) is 35.3 Å². The van der Waals surface area contributed by atoms with Gasteiger partial charge >= 0.3 is 11.9 Å². The molecular weight excluding hydrogens is 552 g/mol. The summed E-state index contributed by atoms with van der Waals surface area (Å²) in [5.41, 5.74) is 7.58. The molecule has 0 unspecified atom stereocenters. The number of hydrogen-bond donors (Lipinski definition) is 0. The third kappa shape index (κ3) is 7.13. The van der Waals surface area contributed by atoms with Crippen LogP contribution in [0.2, 0.25) is 0 Å². The Hall–Kier alpha value is -4.58. The van der Waals surface area contributed by atoms with Gasteiger partial charge in [0.05, 0.1) is 13.2 Å². The maximum absolute atomic E-state index is 12.4. The third-order valence-electron chi connectivity index (χ3n) is 7.63. The number of rotatable bonds is 8. The van der Waals surface area contributed by atoms with Gasteiger partial charge in [0.2, 0.25) is 0 Å². The molecule has 6 heteroatoms. The number of fused-ring (bicyclic) bond motifs is 8. The number of benzene rings is 4. The van der Waals surface area contributed by atoms with Crippen molar-refractivity contribution in [2.24, 2.45) is 0 Å². The van der Waals surface area contributed by atoms with Crippen molar-refractivity contribution in [1.29, 1.82) is 0 Å². The summed E-state index contributed by atoms with van der Waals surface area (Å²) in [6.45, 7) is 8.17. The lowest BCUT2D eigenvalue weighted by Crippen LogP contribution is -2.11. The average Bonchev–Trinajstić information content (AvgIpc) is 2.99. The standard InChI is InChI=1S/C38H40O6/c1-5-19-41-35-27-11-7-12-28(35)22-32-16-10-18-34(38(32)44-26(4)40)24-30-14-8-13-29(36(30)42-20-6-2)23-33-17-9-15-31(21-27)37(33)43-25(3)39/h7-18H,5-6,19-24H2,1-4H3. The summed E-state index contributed by atoms with van der Waals surface area (Å²) >= 11 is 0. The maximum atomic E-state index is 12.4. The Morgan fingerprint density at radius 1 is 0.477 bits per heavy atom. The van der Waals surface area contributed by atoms with Crippen LogP contribution < -0.4 is 18.9 Å². The predicted octanol–water partition coefficient (Wildman–Crippen LogP) is 7.79. The van der Waals surface area contributed by atoms with Crippen LogP contribution in [0.4, 0.5) is 0 Å². The van der Waals surface area contributed by atoms with Crippen molar-refractivity contribution in [2.75, 3.05) is 13.2 Å². The molecule has 0 heterocycles. The number of para-hydroxylation sites is 4. The average molecular weight is 593 g/mol. The van der Waals surface area contributed by atoms with E-state index in [4.69, 9.17) is 18.9 Å². The van der Waals surface area contributed by atoms with Crippen LogP contribution in [-0.4, -0.2) is 25.2 Å². The quantitative estimate of drug-likeness (QED) is 0.135. The van der Waals surface area contributed by atoms with Crippen molar-refractivity contribution in [2.45, 2.75) is 66.2 Å². The van der Waals surface area contributed by atoms with Crippen LogP contribution in [0.25, 0.3) is 0 Å². The highest BCUT2D eigenvalue weighted by molar-refractivity contribution is 5.72. The molecule has 5 rings (SSSR count). The molecule has 0 atom stereocenters. The molecule has 0 fully saturated rings. The van der Waals surface area contributed by atoms with Crippen LogP contribution in [0.3, 0.4) is 0 Å². The van der Waals surface area contributed by atoms with E-state index in [1.165, 1.54) is 13.8 Å². The Morgan fingerprint density at radius 2 is 0.727 bits per heavy atom. The minimum absolute atomic E-state index is 0.364. The predicted molar refractivity (Wildman–Crippen MR) is 171 cm³/mol. The Balaban J connectivity index is 1.77. The fraction of sp³-hybridized carbons (Fsp3) is 0.316. The molecule has 1 aliphatic rings. The van der Waals surface area contributed by atoms with Crippen molar-refractivity contribution in [3.63, 3.8) is 0 Å². The second-order valence-corrected chi connectivity index (χ2v) is 11.2. The lowest BCUT2D eigenvalue weighted by Gasteiger charge is -2.22. The smallest absolute Gasteiger partial charge is 0.308 e. The lowest BCUT2D eigenvalue weighted by molar-refractivity contribution is -0.132. The Kier molecular flexibility index (Phi) is 10.0. The van der Waals surface area contributed by atoms with E-state index in [0.29, 0.717) is 50.4 Å². The number of carbonyl (C=O) groups excluding carboxylic acids is 2. The zero-order valence-corrected chi connectivity index (χ0v) is 26.0. The lowest BCUT2D eigenvalue weighted by atomic mass is 9.91. The molecule has 6 nitrogen and oxygen atoms in total. The topological polar surface area (TPSA) is 71.1 Å². The van der Waals surface area contributed by atoms with Crippen molar-refractivity contribution >= 4 is 11.9 Å². The van der Waals surface area contributed by atoms with E-state index in [0.717, 1.165) is 68.8 Å². The summed E-state index contributed by atoms with van der Waals surface area (Å²) in [6, 6.07) is 24.4. The van der Waals surface area contributed by atoms with Gasteiger partial charge in [-0.05, 0) is 57.3 Å². The minimum atomic E-state index is -0.364. The molecule has 0 aromatic heterocycles. The van der Waals surface area contributed by atoms with Crippen molar-refractivity contribution in [3.05, 3.63) is 117 Å². The molecular formula is C38H40O6. The van der Waals surface area contributed by atoms with Crippen LogP contribution in [0.1, 0.15) is 85.0 Å². The maximum Gasteiger partial charge on any atom is 0.308 e.